The quantitative estimate of drug-likeness (QED) is 0.314. The van der Waals surface area contributed by atoms with E-state index in [1.54, 1.807) is 23.5 Å². The van der Waals surface area contributed by atoms with Crippen LogP contribution in [0.25, 0.3) is 11.4 Å². The topological polar surface area (TPSA) is 54.5 Å². The highest BCUT2D eigenvalue weighted by Gasteiger charge is 2.11. The van der Waals surface area contributed by atoms with Crippen LogP contribution in [0.5, 0.6) is 0 Å². The third-order valence-corrected chi connectivity index (χ3v) is 7.05. The van der Waals surface area contributed by atoms with Crippen molar-refractivity contribution in [2.75, 3.05) is 0 Å². The van der Waals surface area contributed by atoms with E-state index >= 15 is 0 Å². The maximum absolute atomic E-state index is 5.91. The van der Waals surface area contributed by atoms with E-state index in [9.17, 15) is 0 Å². The van der Waals surface area contributed by atoms with Crippen LogP contribution in [-0.4, -0.2) is 20.6 Å². The molecule has 0 aliphatic heterocycles. The number of aromatic amines is 1. The molecule has 0 atom stereocenters. The second-order valence-corrected chi connectivity index (χ2v) is 8.92. The first-order valence-electron chi connectivity index (χ1n) is 8.78. The number of tetrazole rings is 1. The van der Waals surface area contributed by atoms with Gasteiger partial charge in [-0.25, -0.2) is 0 Å². The average molecular weight is 459 g/mol. The molecule has 0 aliphatic carbocycles. The van der Waals surface area contributed by atoms with Crippen molar-refractivity contribution in [1.82, 2.24) is 20.6 Å². The zero-order valence-electron chi connectivity index (χ0n) is 15.2. The van der Waals surface area contributed by atoms with Gasteiger partial charge in [0.25, 0.3) is 0 Å². The molecule has 0 saturated heterocycles. The molecule has 1 heterocycles. The molecular formula is C21H16Cl2N4S2. The normalized spacial score (nSPS) is 11.0. The van der Waals surface area contributed by atoms with Crippen molar-refractivity contribution in [2.45, 2.75) is 31.3 Å². The van der Waals surface area contributed by atoms with Crippen molar-refractivity contribution >= 4 is 46.7 Å². The largest absolute Gasteiger partial charge is 0.204 e. The molecule has 146 valence electrons. The zero-order chi connectivity index (χ0) is 20.1. The van der Waals surface area contributed by atoms with Gasteiger partial charge in [-0.05, 0) is 58.8 Å². The van der Waals surface area contributed by atoms with Crippen molar-refractivity contribution in [3.05, 3.63) is 77.9 Å². The lowest BCUT2D eigenvalue weighted by Crippen LogP contribution is -1.86. The van der Waals surface area contributed by atoms with Crippen LogP contribution in [-0.2, 0) is 11.8 Å². The Kier molecular flexibility index (Phi) is 6.77. The lowest BCUT2D eigenvalue weighted by Gasteiger charge is -2.11. The van der Waals surface area contributed by atoms with Gasteiger partial charge in [0.2, 0.25) is 5.82 Å². The van der Waals surface area contributed by atoms with E-state index in [1.165, 1.54) is 0 Å². The summed E-state index contributed by atoms with van der Waals surface area (Å²) in [5.41, 5.74) is 3.13. The number of H-pyrrole nitrogens is 1. The number of nitrogens with zero attached hydrogens (tertiary/aromatic N) is 3. The summed E-state index contributed by atoms with van der Waals surface area (Å²) in [6.07, 6.45) is 0. The Morgan fingerprint density at radius 2 is 1.31 bits per heavy atom. The first-order valence-corrected chi connectivity index (χ1v) is 11.5. The van der Waals surface area contributed by atoms with E-state index in [2.05, 4.69) is 81.3 Å². The summed E-state index contributed by atoms with van der Waals surface area (Å²) in [6, 6.07) is 22.8. The molecule has 0 unspecified atom stereocenters. The Bertz CT molecular complexity index is 1070. The monoisotopic (exact) mass is 458 g/mol. The van der Waals surface area contributed by atoms with E-state index in [0.29, 0.717) is 17.6 Å². The van der Waals surface area contributed by atoms with Gasteiger partial charge < -0.3 is 0 Å². The number of rotatable bonds is 7. The zero-order valence-corrected chi connectivity index (χ0v) is 18.3. The number of benzene rings is 3. The second kappa shape index (κ2) is 9.67. The Morgan fingerprint density at radius 1 is 0.724 bits per heavy atom. The molecule has 4 nitrogen and oxygen atoms in total. The minimum Gasteiger partial charge on any atom is -0.177 e. The molecule has 0 amide bonds. The highest BCUT2D eigenvalue weighted by Crippen LogP contribution is 2.40. The first kappa shape index (κ1) is 20.3. The van der Waals surface area contributed by atoms with Crippen LogP contribution >= 0.6 is 46.7 Å². The van der Waals surface area contributed by atoms with Gasteiger partial charge in [0.05, 0.1) is 0 Å². The smallest absolute Gasteiger partial charge is 0.177 e. The number of halogens is 2. The average Bonchev–Trinajstić information content (AvgIpc) is 3.31. The number of aromatic nitrogens is 4. The van der Waals surface area contributed by atoms with Gasteiger partial charge in [-0.1, -0.05) is 47.8 Å². The highest BCUT2D eigenvalue weighted by molar-refractivity contribution is 8.02. The van der Waals surface area contributed by atoms with E-state index in [-0.39, 0.29) is 0 Å². The standard InChI is InChI=1S/C21H16Cl2N4S2/c22-12-14-1-6-17(7-2-14)28-19-10-5-16(21-24-26-27-25-21)11-20(19)29-18-8-3-15(13-23)4-9-18/h1-11H,12-13H2,(H,24,25,26,27). The van der Waals surface area contributed by atoms with Gasteiger partial charge in [-0.2, -0.15) is 5.21 Å². The Hall–Kier alpha value is -1.99. The lowest BCUT2D eigenvalue weighted by atomic mass is 10.2. The maximum atomic E-state index is 5.91. The third-order valence-electron chi connectivity index (χ3n) is 4.16. The molecule has 4 aromatic rings. The predicted octanol–water partition coefficient (Wildman–Crippen LogP) is 6.65. The Morgan fingerprint density at radius 3 is 1.83 bits per heavy atom. The summed E-state index contributed by atoms with van der Waals surface area (Å²) in [6.45, 7) is 0. The minimum atomic E-state index is 0.512. The first-order chi connectivity index (χ1) is 14.2. The number of alkyl halides is 2. The molecule has 0 spiro atoms. The predicted molar refractivity (Wildman–Crippen MR) is 120 cm³/mol. The van der Waals surface area contributed by atoms with Crippen LogP contribution in [0.2, 0.25) is 0 Å². The van der Waals surface area contributed by atoms with Crippen LogP contribution in [0.1, 0.15) is 11.1 Å². The van der Waals surface area contributed by atoms with Crippen LogP contribution in [0, 0.1) is 0 Å². The van der Waals surface area contributed by atoms with Crippen molar-refractivity contribution in [3.8, 4) is 11.4 Å². The fraction of sp³-hybridized carbons (Fsp3) is 0.0952. The number of hydrogen-bond donors (Lipinski definition) is 1. The number of hydrogen-bond acceptors (Lipinski definition) is 5. The van der Waals surface area contributed by atoms with Gasteiger partial charge in [0.1, 0.15) is 0 Å². The van der Waals surface area contributed by atoms with E-state index < -0.39 is 0 Å². The molecule has 3 aromatic carbocycles. The van der Waals surface area contributed by atoms with Gasteiger partial charge in [0, 0.05) is 36.9 Å². The van der Waals surface area contributed by atoms with Gasteiger partial charge in [0.15, 0.2) is 0 Å². The molecule has 0 radical (unpaired) electrons. The van der Waals surface area contributed by atoms with E-state index in [4.69, 9.17) is 23.2 Å². The van der Waals surface area contributed by atoms with Gasteiger partial charge in [-0.15, -0.1) is 33.4 Å². The molecule has 1 N–H and O–H groups in total. The summed E-state index contributed by atoms with van der Waals surface area (Å²) >= 11 is 15.2. The lowest BCUT2D eigenvalue weighted by molar-refractivity contribution is 0.881. The fourth-order valence-electron chi connectivity index (χ4n) is 2.64. The molecular weight excluding hydrogens is 443 g/mol. The van der Waals surface area contributed by atoms with E-state index in [0.717, 1.165) is 36.3 Å². The second-order valence-electron chi connectivity index (χ2n) is 6.16. The van der Waals surface area contributed by atoms with Crippen molar-refractivity contribution in [3.63, 3.8) is 0 Å². The van der Waals surface area contributed by atoms with Crippen molar-refractivity contribution in [1.29, 1.82) is 0 Å². The molecule has 0 bridgehead atoms. The van der Waals surface area contributed by atoms with E-state index in [1.807, 2.05) is 6.07 Å². The Labute approximate surface area is 187 Å². The van der Waals surface area contributed by atoms with Crippen molar-refractivity contribution < 1.29 is 0 Å². The summed E-state index contributed by atoms with van der Waals surface area (Å²) < 4.78 is 0. The SMILES string of the molecule is ClCc1ccc(Sc2ccc(-c3nn[nH]n3)cc2Sc2ccc(CCl)cc2)cc1. The third kappa shape index (κ3) is 5.14. The Balaban J connectivity index is 1.66. The summed E-state index contributed by atoms with van der Waals surface area (Å²) in [4.78, 5) is 4.58. The maximum Gasteiger partial charge on any atom is 0.204 e. The summed E-state index contributed by atoms with van der Waals surface area (Å²) in [5, 5.41) is 14.4. The van der Waals surface area contributed by atoms with Crippen LogP contribution in [0.15, 0.2) is 86.3 Å². The molecule has 29 heavy (non-hydrogen) atoms. The molecule has 1 aromatic heterocycles. The minimum absolute atomic E-state index is 0.512. The highest BCUT2D eigenvalue weighted by atomic mass is 35.5. The molecule has 0 saturated carbocycles. The van der Waals surface area contributed by atoms with Crippen molar-refractivity contribution in [2.24, 2.45) is 0 Å². The van der Waals surface area contributed by atoms with Crippen LogP contribution in [0.3, 0.4) is 0 Å². The number of nitrogens with one attached hydrogen (secondary N) is 1. The van der Waals surface area contributed by atoms with Gasteiger partial charge in [-0.3, -0.25) is 0 Å². The molecule has 0 fully saturated rings. The molecule has 4 rings (SSSR count). The van der Waals surface area contributed by atoms with Crippen LogP contribution in [0.4, 0.5) is 0 Å². The summed E-state index contributed by atoms with van der Waals surface area (Å²) in [7, 11) is 0. The van der Waals surface area contributed by atoms with Gasteiger partial charge >= 0.3 is 0 Å². The summed E-state index contributed by atoms with van der Waals surface area (Å²) in [5.74, 6) is 1.61. The fourth-order valence-corrected chi connectivity index (χ4v) is 4.95. The molecule has 8 heteroatoms. The van der Waals surface area contributed by atoms with Crippen LogP contribution < -0.4 is 0 Å². The molecule has 0 aliphatic rings.